The molecule has 2 aromatic carbocycles. The fraction of sp³-hybridized carbons (Fsp3) is 0.0556. The van der Waals surface area contributed by atoms with Gasteiger partial charge in [0.2, 0.25) is 0 Å². The molecular formula is C18H12ClN3O3. The Morgan fingerprint density at radius 3 is 2.24 bits per heavy atom. The van der Waals surface area contributed by atoms with E-state index in [1.165, 1.54) is 0 Å². The van der Waals surface area contributed by atoms with Gasteiger partial charge in [0.05, 0.1) is 17.7 Å². The topological polar surface area (TPSA) is 73.5 Å². The van der Waals surface area contributed by atoms with E-state index in [0.29, 0.717) is 0 Å². The number of fused-ring (bicyclic) bond motifs is 2. The molecule has 4 rings (SSSR count). The average molecular weight is 354 g/mol. The molecule has 0 spiro atoms. The van der Waals surface area contributed by atoms with Crippen molar-refractivity contribution >= 4 is 39.7 Å². The zero-order chi connectivity index (χ0) is 17.6. The maximum atomic E-state index is 12.6. The van der Waals surface area contributed by atoms with Gasteiger partial charge in [-0.25, -0.2) is 5.01 Å². The number of carbonyl (C=O) groups excluding carboxylic acids is 3. The summed E-state index contributed by atoms with van der Waals surface area (Å²) in [5, 5.41) is 1.76. The number of carbonyl (C=O) groups is 3. The third kappa shape index (κ3) is 2.38. The Morgan fingerprint density at radius 2 is 1.60 bits per heavy atom. The summed E-state index contributed by atoms with van der Waals surface area (Å²) in [6.07, 6.45) is 1.73. The zero-order valence-corrected chi connectivity index (χ0v) is 13.7. The van der Waals surface area contributed by atoms with Crippen molar-refractivity contribution in [2.45, 2.75) is 6.54 Å². The lowest BCUT2D eigenvalue weighted by Crippen LogP contribution is -2.47. The van der Waals surface area contributed by atoms with Crippen molar-refractivity contribution in [1.82, 2.24) is 15.0 Å². The van der Waals surface area contributed by atoms with Gasteiger partial charge in [-0.05, 0) is 35.4 Å². The van der Waals surface area contributed by atoms with Crippen LogP contribution in [0.15, 0.2) is 54.7 Å². The van der Waals surface area contributed by atoms with Gasteiger partial charge in [-0.15, -0.1) is 0 Å². The number of benzene rings is 2. The predicted octanol–water partition coefficient (Wildman–Crippen LogP) is 3.54. The number of aromatic amines is 1. The summed E-state index contributed by atoms with van der Waals surface area (Å²) in [5.74, 6) is -1.12. The third-order valence-electron chi connectivity index (χ3n) is 4.21. The molecule has 0 atom stereocenters. The highest BCUT2D eigenvalue weighted by Crippen LogP contribution is 2.27. The maximum Gasteiger partial charge on any atom is 0.335 e. The number of imide groups is 1. The molecule has 0 radical (unpaired) electrons. The van der Waals surface area contributed by atoms with Crippen molar-refractivity contribution in [3.63, 3.8) is 0 Å². The number of amides is 3. The van der Waals surface area contributed by atoms with Crippen molar-refractivity contribution in [2.75, 3.05) is 0 Å². The first-order chi connectivity index (χ1) is 12.1. The van der Waals surface area contributed by atoms with E-state index in [4.69, 9.17) is 11.6 Å². The maximum absolute atomic E-state index is 12.6. The first kappa shape index (κ1) is 15.4. The van der Waals surface area contributed by atoms with Crippen LogP contribution in [-0.2, 0) is 6.54 Å². The van der Waals surface area contributed by atoms with Crippen LogP contribution >= 0.6 is 11.6 Å². The van der Waals surface area contributed by atoms with Crippen molar-refractivity contribution in [2.24, 2.45) is 0 Å². The SMILES string of the molecule is O=C(Cl)N(Cc1c[nH]c2ccccc12)N1C(=O)c2ccccc2C1=O. The molecule has 0 fully saturated rings. The van der Waals surface area contributed by atoms with E-state index in [0.717, 1.165) is 26.5 Å². The number of aromatic nitrogens is 1. The Hall–Kier alpha value is -3.12. The van der Waals surface area contributed by atoms with Crippen molar-refractivity contribution in [3.8, 4) is 0 Å². The van der Waals surface area contributed by atoms with Gasteiger partial charge < -0.3 is 4.98 Å². The van der Waals surface area contributed by atoms with Gasteiger partial charge in [0.25, 0.3) is 11.8 Å². The van der Waals surface area contributed by atoms with Crippen LogP contribution in [0, 0.1) is 0 Å². The van der Waals surface area contributed by atoms with E-state index >= 15 is 0 Å². The van der Waals surface area contributed by atoms with Crippen LogP contribution in [0.25, 0.3) is 10.9 Å². The molecule has 25 heavy (non-hydrogen) atoms. The molecule has 1 aromatic heterocycles. The predicted molar refractivity (Wildman–Crippen MR) is 92.0 cm³/mol. The number of hydrazine groups is 1. The molecule has 1 aliphatic heterocycles. The third-order valence-corrected chi connectivity index (χ3v) is 4.41. The minimum absolute atomic E-state index is 0.00217. The Kier molecular flexibility index (Phi) is 3.54. The molecule has 0 saturated carbocycles. The first-order valence-electron chi connectivity index (χ1n) is 7.57. The normalized spacial score (nSPS) is 13.4. The number of hydrogen-bond acceptors (Lipinski definition) is 3. The molecule has 1 N–H and O–H groups in total. The summed E-state index contributed by atoms with van der Waals surface area (Å²) >= 11 is 5.70. The molecule has 1 aliphatic rings. The van der Waals surface area contributed by atoms with Crippen LogP contribution < -0.4 is 0 Å². The molecule has 7 heteroatoms. The minimum Gasteiger partial charge on any atom is -0.361 e. The monoisotopic (exact) mass is 353 g/mol. The molecule has 0 saturated heterocycles. The minimum atomic E-state index is -0.903. The van der Waals surface area contributed by atoms with E-state index in [2.05, 4.69) is 4.98 Å². The number of para-hydroxylation sites is 1. The van der Waals surface area contributed by atoms with Crippen LogP contribution in [0.1, 0.15) is 26.3 Å². The van der Waals surface area contributed by atoms with E-state index in [9.17, 15) is 14.4 Å². The second kappa shape index (κ2) is 5.75. The lowest BCUT2D eigenvalue weighted by Gasteiger charge is -2.27. The summed E-state index contributed by atoms with van der Waals surface area (Å²) in [7, 11) is 0. The quantitative estimate of drug-likeness (QED) is 0.444. The van der Waals surface area contributed by atoms with Gasteiger partial charge in [-0.2, -0.15) is 5.01 Å². The number of rotatable bonds is 3. The highest BCUT2D eigenvalue weighted by Gasteiger charge is 2.41. The fourth-order valence-electron chi connectivity index (χ4n) is 3.03. The summed E-state index contributed by atoms with van der Waals surface area (Å²) < 4.78 is 0. The summed E-state index contributed by atoms with van der Waals surface area (Å²) in [6, 6.07) is 14.0. The van der Waals surface area contributed by atoms with Crippen molar-refractivity contribution in [1.29, 1.82) is 0 Å². The summed E-state index contributed by atoms with van der Waals surface area (Å²) in [5.41, 5.74) is 2.16. The largest absolute Gasteiger partial charge is 0.361 e. The van der Waals surface area contributed by atoms with Crippen LogP contribution in [0.2, 0.25) is 0 Å². The van der Waals surface area contributed by atoms with Gasteiger partial charge in [-0.3, -0.25) is 14.4 Å². The number of hydrogen-bond donors (Lipinski definition) is 1. The summed E-state index contributed by atoms with van der Waals surface area (Å²) in [6.45, 7) is -0.00217. The lowest BCUT2D eigenvalue weighted by atomic mass is 10.1. The van der Waals surface area contributed by atoms with Crippen LogP contribution in [0.4, 0.5) is 4.79 Å². The second-order valence-corrected chi connectivity index (χ2v) is 5.96. The Balaban J connectivity index is 1.73. The molecule has 0 aliphatic carbocycles. The summed E-state index contributed by atoms with van der Waals surface area (Å²) in [4.78, 5) is 40.2. The molecule has 3 aromatic rings. The Morgan fingerprint density at radius 1 is 1.00 bits per heavy atom. The molecule has 0 unspecified atom stereocenters. The molecule has 2 heterocycles. The van der Waals surface area contributed by atoms with Crippen LogP contribution in [0.5, 0.6) is 0 Å². The number of nitrogens with zero attached hydrogens (tertiary/aromatic N) is 2. The lowest BCUT2D eigenvalue weighted by molar-refractivity contribution is 0.0202. The first-order valence-corrected chi connectivity index (χ1v) is 7.95. The number of nitrogens with one attached hydrogen (secondary N) is 1. The molecule has 0 bridgehead atoms. The highest BCUT2D eigenvalue weighted by atomic mass is 35.5. The molecule has 6 nitrogen and oxygen atoms in total. The van der Waals surface area contributed by atoms with Gasteiger partial charge >= 0.3 is 5.37 Å². The number of H-pyrrole nitrogens is 1. The molecular weight excluding hydrogens is 342 g/mol. The Bertz CT molecular complexity index is 992. The van der Waals surface area contributed by atoms with Gasteiger partial charge in [0.1, 0.15) is 0 Å². The standard InChI is InChI=1S/C18H12ClN3O3/c19-18(25)21(10-11-9-20-15-8-4-3-5-12(11)15)22-16(23)13-6-1-2-7-14(13)17(22)24/h1-9,20H,10H2. The van der Waals surface area contributed by atoms with E-state index in [-0.39, 0.29) is 17.7 Å². The Labute approximate surface area is 147 Å². The van der Waals surface area contributed by atoms with Crippen LogP contribution in [0.3, 0.4) is 0 Å². The second-order valence-electron chi connectivity index (χ2n) is 5.64. The zero-order valence-electron chi connectivity index (χ0n) is 12.9. The smallest absolute Gasteiger partial charge is 0.335 e. The molecule has 3 amide bonds. The fourth-order valence-corrected chi connectivity index (χ4v) is 3.17. The average Bonchev–Trinajstić information content (AvgIpc) is 3.13. The van der Waals surface area contributed by atoms with E-state index in [1.807, 2.05) is 24.3 Å². The van der Waals surface area contributed by atoms with E-state index in [1.54, 1.807) is 30.5 Å². The van der Waals surface area contributed by atoms with Crippen LogP contribution in [-0.4, -0.2) is 32.2 Å². The highest BCUT2D eigenvalue weighted by molar-refractivity contribution is 6.63. The van der Waals surface area contributed by atoms with Gasteiger partial charge in [0.15, 0.2) is 0 Å². The van der Waals surface area contributed by atoms with Crippen molar-refractivity contribution < 1.29 is 14.4 Å². The van der Waals surface area contributed by atoms with Gasteiger partial charge in [-0.1, -0.05) is 30.3 Å². The van der Waals surface area contributed by atoms with Crippen molar-refractivity contribution in [3.05, 3.63) is 71.4 Å². The van der Waals surface area contributed by atoms with Gasteiger partial charge in [0, 0.05) is 17.1 Å². The molecule has 124 valence electrons. The number of halogens is 1. The van der Waals surface area contributed by atoms with E-state index < -0.39 is 17.2 Å².